The minimum atomic E-state index is 0.124. The average molecular weight is 253 g/mol. The number of aromatic nitrogens is 2. The van der Waals surface area contributed by atoms with Crippen molar-refractivity contribution in [1.82, 2.24) is 10.2 Å². The Morgan fingerprint density at radius 3 is 2.06 bits per heavy atom. The van der Waals surface area contributed by atoms with Crippen LogP contribution in [-0.2, 0) is 5.41 Å². The Morgan fingerprint density at radius 2 is 1.53 bits per heavy atom. The number of hydrogen-bond acceptors (Lipinski definition) is 4. The third-order valence-corrected chi connectivity index (χ3v) is 4.59. The zero-order valence-corrected chi connectivity index (χ0v) is 12.0. The van der Waals surface area contributed by atoms with Crippen LogP contribution in [0.15, 0.2) is 0 Å². The van der Waals surface area contributed by atoms with E-state index in [0.717, 1.165) is 23.2 Å². The third-order valence-electron chi connectivity index (χ3n) is 3.18. The second-order valence-electron chi connectivity index (χ2n) is 5.89. The van der Waals surface area contributed by atoms with E-state index in [1.807, 2.05) is 0 Å². The summed E-state index contributed by atoms with van der Waals surface area (Å²) in [6, 6.07) is 0. The second-order valence-corrected chi connectivity index (χ2v) is 6.85. The SMILES string of the molecule is CC(C)(C)c1nnc(N2CCCCCCC2)s1. The van der Waals surface area contributed by atoms with Gasteiger partial charge in [-0.25, -0.2) is 0 Å². The van der Waals surface area contributed by atoms with Gasteiger partial charge in [-0.05, 0) is 12.8 Å². The minimum Gasteiger partial charge on any atom is -0.347 e. The van der Waals surface area contributed by atoms with Crippen LogP contribution in [0.25, 0.3) is 0 Å². The molecule has 0 bridgehead atoms. The molecule has 0 saturated carbocycles. The summed E-state index contributed by atoms with van der Waals surface area (Å²) in [6.07, 6.45) is 6.72. The smallest absolute Gasteiger partial charge is 0.208 e. The zero-order valence-electron chi connectivity index (χ0n) is 11.2. The lowest BCUT2D eigenvalue weighted by molar-refractivity contribution is 0.554. The topological polar surface area (TPSA) is 29.0 Å². The molecule has 0 aromatic carbocycles. The van der Waals surface area contributed by atoms with Gasteiger partial charge in [0, 0.05) is 18.5 Å². The summed E-state index contributed by atoms with van der Waals surface area (Å²) >= 11 is 1.77. The summed E-state index contributed by atoms with van der Waals surface area (Å²) < 4.78 is 0. The van der Waals surface area contributed by atoms with Gasteiger partial charge < -0.3 is 4.90 Å². The number of anilines is 1. The van der Waals surface area contributed by atoms with Crippen molar-refractivity contribution in [1.29, 1.82) is 0 Å². The van der Waals surface area contributed by atoms with Gasteiger partial charge in [0.2, 0.25) is 5.13 Å². The molecule has 1 aliphatic heterocycles. The number of nitrogens with zero attached hydrogens (tertiary/aromatic N) is 3. The first kappa shape index (κ1) is 12.8. The highest BCUT2D eigenvalue weighted by Gasteiger charge is 2.21. The van der Waals surface area contributed by atoms with Gasteiger partial charge in [-0.2, -0.15) is 0 Å². The Kier molecular flexibility index (Phi) is 4.02. The Balaban J connectivity index is 2.07. The van der Waals surface area contributed by atoms with Crippen molar-refractivity contribution in [2.75, 3.05) is 18.0 Å². The van der Waals surface area contributed by atoms with E-state index in [-0.39, 0.29) is 5.41 Å². The maximum Gasteiger partial charge on any atom is 0.208 e. The molecule has 0 aliphatic carbocycles. The minimum absolute atomic E-state index is 0.124. The van der Waals surface area contributed by atoms with Gasteiger partial charge in [0.05, 0.1) is 0 Å². The fourth-order valence-electron chi connectivity index (χ4n) is 2.09. The molecule has 0 radical (unpaired) electrons. The monoisotopic (exact) mass is 253 g/mol. The first-order valence-electron chi connectivity index (χ1n) is 6.66. The van der Waals surface area contributed by atoms with Crippen LogP contribution in [0.2, 0.25) is 0 Å². The van der Waals surface area contributed by atoms with E-state index in [1.54, 1.807) is 11.3 Å². The molecular formula is C13H23N3S. The molecule has 1 aliphatic rings. The van der Waals surface area contributed by atoms with Gasteiger partial charge >= 0.3 is 0 Å². The fraction of sp³-hybridized carbons (Fsp3) is 0.846. The van der Waals surface area contributed by atoms with E-state index in [2.05, 4.69) is 35.9 Å². The quantitative estimate of drug-likeness (QED) is 0.765. The first-order valence-corrected chi connectivity index (χ1v) is 7.48. The van der Waals surface area contributed by atoms with Gasteiger partial charge in [-0.1, -0.05) is 51.4 Å². The van der Waals surface area contributed by atoms with Crippen molar-refractivity contribution in [2.24, 2.45) is 0 Å². The molecule has 2 rings (SSSR count). The van der Waals surface area contributed by atoms with E-state index >= 15 is 0 Å². The van der Waals surface area contributed by atoms with Gasteiger partial charge in [0.1, 0.15) is 5.01 Å². The standard InChI is InChI=1S/C13H23N3S/c1-13(2,3)11-14-15-12(17-11)16-9-7-5-4-6-8-10-16/h4-10H2,1-3H3. The van der Waals surface area contributed by atoms with Crippen molar-refractivity contribution in [3.8, 4) is 0 Å². The zero-order chi connectivity index (χ0) is 12.3. The molecule has 17 heavy (non-hydrogen) atoms. The third kappa shape index (κ3) is 3.41. The molecule has 3 nitrogen and oxygen atoms in total. The summed E-state index contributed by atoms with van der Waals surface area (Å²) in [5.74, 6) is 0. The maximum absolute atomic E-state index is 4.37. The summed E-state index contributed by atoms with van der Waals surface area (Å²) in [4.78, 5) is 2.42. The van der Waals surface area contributed by atoms with E-state index in [0.29, 0.717) is 0 Å². The van der Waals surface area contributed by atoms with E-state index in [9.17, 15) is 0 Å². The molecule has 1 aromatic heterocycles. The molecule has 0 N–H and O–H groups in total. The number of hydrogen-bond donors (Lipinski definition) is 0. The highest BCUT2D eigenvalue weighted by atomic mass is 32.1. The number of rotatable bonds is 1. The molecule has 2 heterocycles. The molecule has 0 atom stereocenters. The summed E-state index contributed by atoms with van der Waals surface area (Å²) in [7, 11) is 0. The van der Waals surface area contributed by atoms with Crippen LogP contribution >= 0.6 is 11.3 Å². The van der Waals surface area contributed by atoms with Crippen molar-refractivity contribution >= 4 is 16.5 Å². The highest BCUT2D eigenvalue weighted by molar-refractivity contribution is 7.15. The largest absolute Gasteiger partial charge is 0.347 e. The van der Waals surface area contributed by atoms with Crippen LogP contribution in [-0.4, -0.2) is 23.3 Å². The lowest BCUT2D eigenvalue weighted by Crippen LogP contribution is -2.26. The molecule has 1 fully saturated rings. The summed E-state index contributed by atoms with van der Waals surface area (Å²) in [6.45, 7) is 8.90. The van der Waals surface area contributed by atoms with Gasteiger partial charge in [0.15, 0.2) is 0 Å². The Morgan fingerprint density at radius 1 is 0.941 bits per heavy atom. The van der Waals surface area contributed by atoms with Crippen molar-refractivity contribution < 1.29 is 0 Å². The fourth-order valence-corrected chi connectivity index (χ4v) is 3.04. The van der Waals surface area contributed by atoms with Crippen LogP contribution in [0.4, 0.5) is 5.13 Å². The molecule has 4 heteroatoms. The molecular weight excluding hydrogens is 230 g/mol. The normalized spacial score (nSPS) is 18.9. The molecule has 0 spiro atoms. The van der Waals surface area contributed by atoms with Crippen LogP contribution in [0.1, 0.15) is 57.9 Å². The second kappa shape index (κ2) is 5.34. The van der Waals surface area contributed by atoms with Crippen LogP contribution < -0.4 is 4.90 Å². The van der Waals surface area contributed by atoms with Crippen LogP contribution in [0, 0.1) is 0 Å². The molecule has 1 aromatic rings. The van der Waals surface area contributed by atoms with E-state index < -0.39 is 0 Å². The highest BCUT2D eigenvalue weighted by Crippen LogP contribution is 2.30. The molecule has 0 unspecified atom stereocenters. The Labute approximate surface area is 108 Å². The predicted molar refractivity (Wildman–Crippen MR) is 73.9 cm³/mol. The Bertz CT molecular complexity index is 346. The van der Waals surface area contributed by atoms with Crippen LogP contribution in [0.5, 0.6) is 0 Å². The van der Waals surface area contributed by atoms with Gasteiger partial charge in [-0.15, -0.1) is 10.2 Å². The van der Waals surface area contributed by atoms with Crippen molar-refractivity contribution in [3.05, 3.63) is 5.01 Å². The van der Waals surface area contributed by atoms with Crippen LogP contribution in [0.3, 0.4) is 0 Å². The van der Waals surface area contributed by atoms with E-state index in [4.69, 9.17) is 0 Å². The lowest BCUT2D eigenvalue weighted by atomic mass is 9.98. The summed E-state index contributed by atoms with van der Waals surface area (Å²) in [5, 5.41) is 11.0. The van der Waals surface area contributed by atoms with Gasteiger partial charge in [-0.3, -0.25) is 0 Å². The Hall–Kier alpha value is -0.640. The molecule has 1 saturated heterocycles. The average Bonchev–Trinajstić information content (AvgIpc) is 2.65. The van der Waals surface area contributed by atoms with Crippen molar-refractivity contribution in [3.63, 3.8) is 0 Å². The lowest BCUT2D eigenvalue weighted by Gasteiger charge is -2.23. The maximum atomic E-state index is 4.37. The van der Waals surface area contributed by atoms with Crippen molar-refractivity contribution in [2.45, 2.75) is 58.3 Å². The molecule has 96 valence electrons. The summed E-state index contributed by atoms with van der Waals surface area (Å²) in [5.41, 5.74) is 0.124. The van der Waals surface area contributed by atoms with E-state index in [1.165, 1.54) is 32.1 Å². The molecule has 0 amide bonds. The predicted octanol–water partition coefficient (Wildman–Crippen LogP) is 3.61. The van der Waals surface area contributed by atoms with Gasteiger partial charge in [0.25, 0.3) is 0 Å². The first-order chi connectivity index (χ1) is 8.07.